The lowest BCUT2D eigenvalue weighted by Crippen LogP contribution is -2.29. The molecule has 5 nitrogen and oxygen atoms in total. The zero-order valence-electron chi connectivity index (χ0n) is 13.3. The Balaban J connectivity index is 1.92. The highest BCUT2D eigenvalue weighted by atomic mass is 16.4. The summed E-state index contributed by atoms with van der Waals surface area (Å²) in [5.41, 5.74) is 7.77. The van der Waals surface area contributed by atoms with Crippen molar-refractivity contribution in [3.8, 4) is 5.75 Å². The van der Waals surface area contributed by atoms with Gasteiger partial charge in [-0.2, -0.15) is 0 Å². The van der Waals surface area contributed by atoms with E-state index < -0.39 is 5.63 Å². The molecule has 0 aliphatic rings. The van der Waals surface area contributed by atoms with Crippen molar-refractivity contribution < 1.29 is 9.52 Å². The molecule has 0 amide bonds. The molecule has 0 saturated heterocycles. The van der Waals surface area contributed by atoms with Crippen LogP contribution in [0.1, 0.15) is 11.1 Å². The molecule has 0 saturated carbocycles. The number of benzene rings is 2. The normalized spacial score (nSPS) is 11.2. The summed E-state index contributed by atoms with van der Waals surface area (Å²) in [6.07, 6.45) is 0. The Morgan fingerprint density at radius 2 is 1.83 bits per heavy atom. The van der Waals surface area contributed by atoms with Gasteiger partial charge in [-0.15, -0.1) is 0 Å². The van der Waals surface area contributed by atoms with Gasteiger partial charge in [-0.05, 0) is 23.3 Å². The fourth-order valence-corrected chi connectivity index (χ4v) is 2.83. The minimum Gasteiger partial charge on any atom is -0.508 e. The fraction of sp³-hybridized carbons (Fsp3) is 0.211. The van der Waals surface area contributed by atoms with Gasteiger partial charge in [-0.3, -0.25) is 4.90 Å². The van der Waals surface area contributed by atoms with Crippen LogP contribution >= 0.6 is 0 Å². The number of fused-ring (bicyclic) bond motifs is 1. The van der Waals surface area contributed by atoms with Crippen molar-refractivity contribution in [2.75, 3.05) is 13.1 Å². The first-order valence-corrected chi connectivity index (χ1v) is 7.88. The van der Waals surface area contributed by atoms with Crippen LogP contribution in [0.5, 0.6) is 5.75 Å². The Morgan fingerprint density at radius 1 is 1.04 bits per heavy atom. The number of nitrogens with zero attached hydrogens (tertiary/aromatic N) is 1. The van der Waals surface area contributed by atoms with Crippen molar-refractivity contribution in [2.24, 2.45) is 5.73 Å². The van der Waals surface area contributed by atoms with Gasteiger partial charge < -0.3 is 15.3 Å². The van der Waals surface area contributed by atoms with Crippen LogP contribution in [0.4, 0.5) is 0 Å². The molecule has 3 aromatic rings. The predicted octanol–water partition coefficient (Wildman–Crippen LogP) is 2.46. The molecular weight excluding hydrogens is 304 g/mol. The first kappa shape index (κ1) is 16.2. The van der Waals surface area contributed by atoms with Gasteiger partial charge in [0, 0.05) is 43.7 Å². The number of phenolic OH excluding ortho intramolecular Hbond substituents is 1. The van der Waals surface area contributed by atoms with Crippen LogP contribution in [0.25, 0.3) is 11.0 Å². The molecule has 0 radical (unpaired) electrons. The van der Waals surface area contributed by atoms with Crippen LogP contribution in [-0.2, 0) is 13.1 Å². The van der Waals surface area contributed by atoms with Crippen molar-refractivity contribution in [1.82, 2.24) is 4.90 Å². The highest BCUT2D eigenvalue weighted by Gasteiger charge is 2.11. The molecule has 2 aromatic carbocycles. The molecule has 0 atom stereocenters. The number of hydrogen-bond acceptors (Lipinski definition) is 5. The van der Waals surface area contributed by atoms with Gasteiger partial charge in [-0.1, -0.05) is 30.3 Å². The topological polar surface area (TPSA) is 79.7 Å². The first-order chi connectivity index (χ1) is 11.7. The van der Waals surface area contributed by atoms with E-state index in [1.54, 1.807) is 12.1 Å². The summed E-state index contributed by atoms with van der Waals surface area (Å²) in [5, 5.41) is 10.4. The molecule has 3 N–H and O–H groups in total. The summed E-state index contributed by atoms with van der Waals surface area (Å²) < 4.78 is 5.18. The third-order valence-electron chi connectivity index (χ3n) is 3.90. The van der Waals surface area contributed by atoms with Crippen molar-refractivity contribution in [2.45, 2.75) is 13.1 Å². The summed E-state index contributed by atoms with van der Waals surface area (Å²) in [5.74, 6) is 0.0749. The van der Waals surface area contributed by atoms with E-state index in [0.717, 1.165) is 17.5 Å². The monoisotopic (exact) mass is 324 g/mol. The van der Waals surface area contributed by atoms with E-state index in [2.05, 4.69) is 17.0 Å². The largest absolute Gasteiger partial charge is 0.508 e. The second-order valence-corrected chi connectivity index (χ2v) is 5.76. The molecular formula is C19H20N2O3. The summed E-state index contributed by atoms with van der Waals surface area (Å²) in [6.45, 7) is 2.58. The molecule has 0 fully saturated rings. The van der Waals surface area contributed by atoms with E-state index in [-0.39, 0.29) is 5.75 Å². The minimum absolute atomic E-state index is 0.0749. The van der Waals surface area contributed by atoms with E-state index >= 15 is 0 Å². The second kappa shape index (κ2) is 7.29. The molecule has 5 heteroatoms. The zero-order valence-corrected chi connectivity index (χ0v) is 13.3. The summed E-state index contributed by atoms with van der Waals surface area (Å²) in [6, 6.07) is 16.5. The lowest BCUT2D eigenvalue weighted by molar-refractivity contribution is 0.265. The van der Waals surface area contributed by atoms with Gasteiger partial charge in [0.15, 0.2) is 0 Å². The quantitative estimate of drug-likeness (QED) is 0.681. The zero-order chi connectivity index (χ0) is 16.9. The first-order valence-electron chi connectivity index (χ1n) is 7.88. The van der Waals surface area contributed by atoms with Crippen LogP contribution in [0, 0.1) is 0 Å². The molecule has 0 spiro atoms. The second-order valence-electron chi connectivity index (χ2n) is 5.76. The van der Waals surface area contributed by atoms with E-state index in [1.165, 1.54) is 17.7 Å². The van der Waals surface area contributed by atoms with Crippen molar-refractivity contribution >= 4 is 11.0 Å². The third-order valence-corrected chi connectivity index (χ3v) is 3.90. The maximum atomic E-state index is 11.8. The summed E-state index contributed by atoms with van der Waals surface area (Å²) >= 11 is 0. The van der Waals surface area contributed by atoms with Crippen LogP contribution in [0.3, 0.4) is 0 Å². The van der Waals surface area contributed by atoms with Gasteiger partial charge in [-0.25, -0.2) is 4.79 Å². The van der Waals surface area contributed by atoms with Gasteiger partial charge >= 0.3 is 5.63 Å². The average Bonchev–Trinajstić information content (AvgIpc) is 2.55. The van der Waals surface area contributed by atoms with Crippen LogP contribution in [-0.4, -0.2) is 23.1 Å². The van der Waals surface area contributed by atoms with Crippen LogP contribution < -0.4 is 11.4 Å². The van der Waals surface area contributed by atoms with Crippen molar-refractivity contribution in [1.29, 1.82) is 0 Å². The SMILES string of the molecule is NCCN(Cc1ccccc1)Cc1cc(=O)oc2cc(O)ccc12. The predicted molar refractivity (Wildman–Crippen MR) is 93.8 cm³/mol. The Labute approximate surface area is 139 Å². The third kappa shape index (κ3) is 3.82. The number of hydrogen-bond donors (Lipinski definition) is 2. The summed E-state index contributed by atoms with van der Waals surface area (Å²) in [4.78, 5) is 14.0. The number of nitrogens with two attached hydrogens (primary N) is 1. The Bertz CT molecular complexity index is 875. The number of aromatic hydroxyl groups is 1. The molecule has 3 rings (SSSR count). The molecule has 0 aliphatic heterocycles. The van der Waals surface area contributed by atoms with Crippen molar-refractivity contribution in [3.63, 3.8) is 0 Å². The molecule has 0 unspecified atom stereocenters. The lowest BCUT2D eigenvalue weighted by atomic mass is 10.1. The standard InChI is InChI=1S/C19H20N2O3/c20-8-9-21(12-14-4-2-1-3-5-14)13-15-10-19(23)24-18-11-16(22)6-7-17(15)18/h1-7,10-11,22H,8-9,12-13,20H2. The number of phenols is 1. The van der Waals surface area contributed by atoms with E-state index in [4.69, 9.17) is 10.2 Å². The van der Waals surface area contributed by atoms with Crippen LogP contribution in [0.15, 0.2) is 63.8 Å². The Morgan fingerprint density at radius 3 is 2.58 bits per heavy atom. The maximum absolute atomic E-state index is 11.8. The summed E-state index contributed by atoms with van der Waals surface area (Å²) in [7, 11) is 0. The maximum Gasteiger partial charge on any atom is 0.336 e. The van der Waals surface area contributed by atoms with E-state index in [0.29, 0.717) is 25.2 Å². The minimum atomic E-state index is -0.421. The molecule has 0 aliphatic carbocycles. The van der Waals surface area contributed by atoms with Crippen molar-refractivity contribution in [3.05, 3.63) is 76.1 Å². The smallest absolute Gasteiger partial charge is 0.336 e. The average molecular weight is 324 g/mol. The van der Waals surface area contributed by atoms with Gasteiger partial charge in [0.2, 0.25) is 0 Å². The lowest BCUT2D eigenvalue weighted by Gasteiger charge is -2.22. The number of rotatable bonds is 6. The molecule has 124 valence electrons. The van der Waals surface area contributed by atoms with Gasteiger partial charge in [0.05, 0.1) is 0 Å². The Kier molecular flexibility index (Phi) is 4.93. The van der Waals surface area contributed by atoms with Gasteiger partial charge in [0.25, 0.3) is 0 Å². The van der Waals surface area contributed by atoms with E-state index in [9.17, 15) is 9.90 Å². The highest BCUT2D eigenvalue weighted by molar-refractivity contribution is 5.81. The molecule has 0 bridgehead atoms. The van der Waals surface area contributed by atoms with Gasteiger partial charge in [0.1, 0.15) is 11.3 Å². The Hall–Kier alpha value is -2.63. The highest BCUT2D eigenvalue weighted by Crippen LogP contribution is 2.23. The van der Waals surface area contributed by atoms with Crippen LogP contribution in [0.2, 0.25) is 0 Å². The molecule has 1 heterocycles. The molecule has 1 aromatic heterocycles. The fourth-order valence-electron chi connectivity index (χ4n) is 2.83. The van der Waals surface area contributed by atoms with E-state index in [1.807, 2.05) is 18.2 Å². The molecule has 24 heavy (non-hydrogen) atoms.